The van der Waals surface area contributed by atoms with E-state index in [0.717, 1.165) is 15.3 Å². The highest BCUT2D eigenvalue weighted by molar-refractivity contribution is 9.10. The van der Waals surface area contributed by atoms with E-state index in [1.807, 2.05) is 0 Å². The summed E-state index contributed by atoms with van der Waals surface area (Å²) in [5.74, 6) is 0. The second-order valence-electron chi connectivity index (χ2n) is 3.47. The lowest BCUT2D eigenvalue weighted by atomic mass is 10.4. The van der Waals surface area contributed by atoms with E-state index in [1.165, 1.54) is 4.88 Å². The molecule has 2 aromatic heterocycles. The predicted octanol–water partition coefficient (Wildman–Crippen LogP) is 4.45. The summed E-state index contributed by atoms with van der Waals surface area (Å²) in [4.78, 5) is 5.73. The molecule has 0 unspecified atom stereocenters. The summed E-state index contributed by atoms with van der Waals surface area (Å²) in [5.41, 5.74) is 1.05. The van der Waals surface area contributed by atoms with Gasteiger partial charge in [-0.2, -0.15) is 0 Å². The SMILES string of the molecule is CC(C)Nc1nc(-c2cc(Br)cs2)cs1. The molecule has 1 N–H and O–H groups in total. The van der Waals surface area contributed by atoms with Gasteiger partial charge in [-0.25, -0.2) is 4.98 Å². The zero-order valence-corrected chi connectivity index (χ0v) is 11.7. The molecule has 0 aliphatic carbocycles. The Morgan fingerprint density at radius 1 is 1.33 bits per heavy atom. The van der Waals surface area contributed by atoms with Crippen LogP contribution in [0.25, 0.3) is 10.6 Å². The summed E-state index contributed by atoms with van der Waals surface area (Å²) < 4.78 is 1.12. The summed E-state index contributed by atoms with van der Waals surface area (Å²) in [5, 5.41) is 8.45. The van der Waals surface area contributed by atoms with Gasteiger partial charge in [-0.3, -0.25) is 0 Å². The summed E-state index contributed by atoms with van der Waals surface area (Å²) in [6, 6.07) is 2.53. The Morgan fingerprint density at radius 2 is 2.13 bits per heavy atom. The molecule has 0 bridgehead atoms. The number of anilines is 1. The minimum Gasteiger partial charge on any atom is -0.359 e. The van der Waals surface area contributed by atoms with Gasteiger partial charge in [0.1, 0.15) is 0 Å². The molecule has 15 heavy (non-hydrogen) atoms. The third-order valence-corrected chi connectivity index (χ3v) is 4.22. The molecule has 0 spiro atoms. The monoisotopic (exact) mass is 302 g/mol. The van der Waals surface area contributed by atoms with Gasteiger partial charge in [0.2, 0.25) is 0 Å². The van der Waals surface area contributed by atoms with Crippen molar-refractivity contribution in [2.24, 2.45) is 0 Å². The van der Waals surface area contributed by atoms with Crippen LogP contribution in [0.3, 0.4) is 0 Å². The standard InChI is InChI=1S/C10H11BrN2S2/c1-6(2)12-10-13-8(5-15-10)9-3-7(11)4-14-9/h3-6H,1-2H3,(H,12,13). The van der Waals surface area contributed by atoms with Gasteiger partial charge in [0.25, 0.3) is 0 Å². The second kappa shape index (κ2) is 4.63. The highest BCUT2D eigenvalue weighted by Gasteiger charge is 2.07. The summed E-state index contributed by atoms with van der Waals surface area (Å²) >= 11 is 6.80. The molecule has 0 atom stereocenters. The van der Waals surface area contributed by atoms with Crippen molar-refractivity contribution in [1.29, 1.82) is 0 Å². The first-order valence-corrected chi connectivity index (χ1v) is 7.17. The Balaban J connectivity index is 2.20. The topological polar surface area (TPSA) is 24.9 Å². The van der Waals surface area contributed by atoms with Gasteiger partial charge in [0, 0.05) is 21.3 Å². The summed E-state index contributed by atoms with van der Waals surface area (Å²) in [6.07, 6.45) is 0. The van der Waals surface area contributed by atoms with Crippen molar-refractivity contribution in [2.75, 3.05) is 5.32 Å². The molecule has 2 nitrogen and oxygen atoms in total. The number of nitrogens with one attached hydrogen (secondary N) is 1. The minimum atomic E-state index is 0.430. The Bertz CT molecular complexity index is 448. The van der Waals surface area contributed by atoms with Crippen LogP contribution in [0.2, 0.25) is 0 Å². The molecule has 0 radical (unpaired) electrons. The molecule has 0 aromatic carbocycles. The van der Waals surface area contributed by atoms with Crippen LogP contribution in [0.5, 0.6) is 0 Å². The quantitative estimate of drug-likeness (QED) is 0.906. The maximum absolute atomic E-state index is 4.53. The van der Waals surface area contributed by atoms with Gasteiger partial charge in [-0.05, 0) is 35.8 Å². The van der Waals surface area contributed by atoms with Gasteiger partial charge >= 0.3 is 0 Å². The van der Waals surface area contributed by atoms with Crippen LogP contribution in [0, 0.1) is 0 Å². The van der Waals surface area contributed by atoms with Crippen LogP contribution < -0.4 is 5.32 Å². The lowest BCUT2D eigenvalue weighted by Crippen LogP contribution is -2.08. The van der Waals surface area contributed by atoms with Gasteiger partial charge in [0.15, 0.2) is 5.13 Å². The molecule has 0 fully saturated rings. The average Bonchev–Trinajstić information content (AvgIpc) is 2.72. The number of hydrogen-bond donors (Lipinski definition) is 1. The molecule has 0 amide bonds. The third kappa shape index (κ3) is 2.80. The van der Waals surface area contributed by atoms with E-state index < -0.39 is 0 Å². The van der Waals surface area contributed by atoms with E-state index in [1.54, 1.807) is 22.7 Å². The van der Waals surface area contributed by atoms with Crippen LogP contribution in [0.4, 0.5) is 5.13 Å². The molecule has 0 aliphatic heterocycles. The number of thiazole rings is 1. The van der Waals surface area contributed by atoms with Crippen molar-refractivity contribution >= 4 is 43.7 Å². The van der Waals surface area contributed by atoms with E-state index >= 15 is 0 Å². The van der Waals surface area contributed by atoms with E-state index in [-0.39, 0.29) is 0 Å². The Labute approximate surface area is 106 Å². The van der Waals surface area contributed by atoms with Crippen LogP contribution in [0.15, 0.2) is 21.3 Å². The highest BCUT2D eigenvalue weighted by atomic mass is 79.9. The van der Waals surface area contributed by atoms with E-state index in [4.69, 9.17) is 0 Å². The van der Waals surface area contributed by atoms with Crippen LogP contribution >= 0.6 is 38.6 Å². The van der Waals surface area contributed by atoms with Crippen LogP contribution in [0.1, 0.15) is 13.8 Å². The Kier molecular flexibility index (Phi) is 3.43. The first-order valence-electron chi connectivity index (χ1n) is 4.61. The normalized spacial score (nSPS) is 10.9. The molecule has 0 aliphatic rings. The lowest BCUT2D eigenvalue weighted by molar-refractivity contribution is 0.897. The first-order chi connectivity index (χ1) is 7.15. The maximum Gasteiger partial charge on any atom is 0.183 e. The lowest BCUT2D eigenvalue weighted by Gasteiger charge is -2.04. The first kappa shape index (κ1) is 11.1. The van der Waals surface area contributed by atoms with E-state index in [0.29, 0.717) is 6.04 Å². The fraction of sp³-hybridized carbons (Fsp3) is 0.300. The van der Waals surface area contributed by atoms with Crippen molar-refractivity contribution in [3.63, 3.8) is 0 Å². The molecule has 0 saturated carbocycles. The van der Waals surface area contributed by atoms with Crippen LogP contribution in [-0.4, -0.2) is 11.0 Å². The maximum atomic E-state index is 4.53. The molecule has 2 heterocycles. The van der Waals surface area contributed by atoms with Crippen molar-refractivity contribution in [1.82, 2.24) is 4.98 Å². The second-order valence-corrected chi connectivity index (χ2v) is 6.15. The zero-order valence-electron chi connectivity index (χ0n) is 8.45. The predicted molar refractivity (Wildman–Crippen MR) is 71.9 cm³/mol. The van der Waals surface area contributed by atoms with E-state index in [9.17, 15) is 0 Å². The molecule has 2 rings (SSSR count). The third-order valence-electron chi connectivity index (χ3n) is 1.74. The number of rotatable bonds is 3. The highest BCUT2D eigenvalue weighted by Crippen LogP contribution is 2.31. The molecular formula is C10H11BrN2S2. The largest absolute Gasteiger partial charge is 0.359 e. The Hall–Kier alpha value is -0.390. The molecule has 5 heteroatoms. The van der Waals surface area contributed by atoms with Gasteiger partial charge < -0.3 is 5.32 Å². The van der Waals surface area contributed by atoms with Crippen molar-refractivity contribution in [3.05, 3.63) is 21.3 Å². The van der Waals surface area contributed by atoms with Gasteiger partial charge in [-0.15, -0.1) is 22.7 Å². The van der Waals surface area contributed by atoms with Crippen molar-refractivity contribution < 1.29 is 0 Å². The summed E-state index contributed by atoms with van der Waals surface area (Å²) in [7, 11) is 0. The zero-order chi connectivity index (χ0) is 10.8. The number of thiophene rings is 1. The van der Waals surface area contributed by atoms with Gasteiger partial charge in [0.05, 0.1) is 10.6 Å². The average molecular weight is 303 g/mol. The van der Waals surface area contributed by atoms with Crippen LogP contribution in [-0.2, 0) is 0 Å². The molecule has 0 saturated heterocycles. The molecule has 2 aromatic rings. The smallest absolute Gasteiger partial charge is 0.183 e. The van der Waals surface area contributed by atoms with Crippen molar-refractivity contribution in [3.8, 4) is 10.6 Å². The van der Waals surface area contributed by atoms with Crippen molar-refractivity contribution in [2.45, 2.75) is 19.9 Å². The molecule has 80 valence electrons. The number of aromatic nitrogens is 1. The fourth-order valence-electron chi connectivity index (χ4n) is 1.15. The number of halogens is 1. The van der Waals surface area contributed by atoms with E-state index in [2.05, 4.69) is 56.9 Å². The number of nitrogens with zero attached hydrogens (tertiary/aromatic N) is 1. The molecular weight excluding hydrogens is 292 g/mol. The van der Waals surface area contributed by atoms with Gasteiger partial charge in [-0.1, -0.05) is 0 Å². The fourth-order valence-corrected chi connectivity index (χ4v) is 3.47. The Morgan fingerprint density at radius 3 is 2.73 bits per heavy atom. The summed E-state index contributed by atoms with van der Waals surface area (Å²) in [6.45, 7) is 4.23. The number of hydrogen-bond acceptors (Lipinski definition) is 4. The minimum absolute atomic E-state index is 0.430.